The minimum atomic E-state index is -1.38. The van der Waals surface area contributed by atoms with Crippen molar-refractivity contribution in [3.8, 4) is 17.2 Å². The molecule has 0 saturated heterocycles. The van der Waals surface area contributed by atoms with Gasteiger partial charge < -0.3 is 15.8 Å². The third-order valence-electron chi connectivity index (χ3n) is 6.72. The number of fused-ring (bicyclic) bond motifs is 3. The van der Waals surface area contributed by atoms with Crippen molar-refractivity contribution in [3.63, 3.8) is 0 Å². The number of nitrogens with one attached hydrogen (secondary N) is 1. The van der Waals surface area contributed by atoms with Crippen molar-refractivity contribution in [2.45, 2.75) is 56.5 Å². The van der Waals surface area contributed by atoms with E-state index < -0.39 is 28.9 Å². The smallest absolute Gasteiger partial charge is 0.311 e. The van der Waals surface area contributed by atoms with Gasteiger partial charge in [-0.2, -0.15) is 5.26 Å². The van der Waals surface area contributed by atoms with Gasteiger partial charge in [0.25, 0.3) is 0 Å². The van der Waals surface area contributed by atoms with Crippen molar-refractivity contribution >= 4 is 11.9 Å². The second-order valence-electron chi connectivity index (χ2n) is 9.39. The molecule has 6 heteroatoms. The Morgan fingerprint density at radius 3 is 2.31 bits per heavy atom. The largest absolute Gasteiger partial charge is 0.464 e. The first-order valence-corrected chi connectivity index (χ1v) is 11.1. The van der Waals surface area contributed by atoms with E-state index in [0.29, 0.717) is 12.8 Å². The van der Waals surface area contributed by atoms with E-state index in [4.69, 9.17) is 10.5 Å². The molecule has 2 aromatic carbocycles. The zero-order valence-electron chi connectivity index (χ0n) is 18.6. The fourth-order valence-electron chi connectivity index (χ4n) is 4.93. The first-order valence-electron chi connectivity index (χ1n) is 11.1. The molecule has 3 N–H and O–H groups in total. The number of rotatable bonds is 5. The molecule has 1 amide bonds. The number of amides is 1. The summed E-state index contributed by atoms with van der Waals surface area (Å²) in [5.74, 6) is -1.70. The summed E-state index contributed by atoms with van der Waals surface area (Å²) in [7, 11) is 0. The van der Waals surface area contributed by atoms with Crippen molar-refractivity contribution in [1.29, 1.82) is 5.26 Å². The maximum absolute atomic E-state index is 13.2. The monoisotopic (exact) mass is 431 g/mol. The molecule has 4 rings (SSSR count). The number of esters is 1. The SMILES string of the molecule is CC(C)(C#N)NC(=O)C1(N)CCCCC1C(=O)OCC1c2ccccc2-c2ccccc21. The normalized spacial score (nSPS) is 22.4. The Kier molecular flexibility index (Phi) is 5.79. The van der Waals surface area contributed by atoms with Gasteiger partial charge in [-0.05, 0) is 48.9 Å². The third-order valence-corrected chi connectivity index (χ3v) is 6.72. The third kappa shape index (κ3) is 3.89. The molecule has 6 nitrogen and oxygen atoms in total. The first-order chi connectivity index (χ1) is 15.3. The average Bonchev–Trinajstić information content (AvgIpc) is 3.11. The highest BCUT2D eigenvalue weighted by molar-refractivity contribution is 5.93. The number of nitrogens with two attached hydrogens (primary N) is 1. The maximum atomic E-state index is 13.2. The molecule has 2 aromatic rings. The Balaban J connectivity index is 1.52. The van der Waals surface area contributed by atoms with Crippen molar-refractivity contribution in [2.24, 2.45) is 11.7 Å². The van der Waals surface area contributed by atoms with E-state index in [0.717, 1.165) is 35.1 Å². The van der Waals surface area contributed by atoms with Crippen LogP contribution in [0.2, 0.25) is 0 Å². The van der Waals surface area contributed by atoms with Gasteiger partial charge in [0, 0.05) is 5.92 Å². The van der Waals surface area contributed by atoms with Gasteiger partial charge in [-0.15, -0.1) is 0 Å². The van der Waals surface area contributed by atoms with E-state index in [9.17, 15) is 14.9 Å². The Bertz CT molecular complexity index is 1040. The van der Waals surface area contributed by atoms with Crippen LogP contribution in [0.15, 0.2) is 48.5 Å². The summed E-state index contributed by atoms with van der Waals surface area (Å²) in [6.07, 6.45) is 2.44. The second-order valence-corrected chi connectivity index (χ2v) is 9.39. The van der Waals surface area contributed by atoms with Crippen LogP contribution >= 0.6 is 0 Å². The molecular formula is C26H29N3O3. The summed E-state index contributed by atoms with van der Waals surface area (Å²) in [4.78, 5) is 26.2. The van der Waals surface area contributed by atoms with Crippen molar-refractivity contribution in [1.82, 2.24) is 5.32 Å². The van der Waals surface area contributed by atoms with Crippen LogP contribution < -0.4 is 11.1 Å². The van der Waals surface area contributed by atoms with Crippen LogP contribution in [-0.2, 0) is 14.3 Å². The van der Waals surface area contributed by atoms with Crippen LogP contribution in [0.3, 0.4) is 0 Å². The molecule has 2 aliphatic carbocycles. The zero-order valence-corrected chi connectivity index (χ0v) is 18.6. The van der Waals surface area contributed by atoms with Gasteiger partial charge in [0.15, 0.2) is 0 Å². The van der Waals surface area contributed by atoms with Crippen LogP contribution in [0.25, 0.3) is 11.1 Å². The van der Waals surface area contributed by atoms with Crippen molar-refractivity contribution in [2.75, 3.05) is 6.61 Å². The second kappa shape index (κ2) is 8.40. The molecule has 2 unspecified atom stereocenters. The number of carbonyl (C=O) groups excluding carboxylic acids is 2. The lowest BCUT2D eigenvalue weighted by molar-refractivity contribution is -0.156. The van der Waals surface area contributed by atoms with Crippen LogP contribution in [0.1, 0.15) is 56.6 Å². The molecule has 166 valence electrons. The van der Waals surface area contributed by atoms with E-state index >= 15 is 0 Å². The first kappa shape index (κ1) is 22.0. The maximum Gasteiger partial charge on any atom is 0.311 e. The number of carbonyl (C=O) groups is 2. The van der Waals surface area contributed by atoms with E-state index in [2.05, 4.69) is 29.6 Å². The highest BCUT2D eigenvalue weighted by atomic mass is 16.5. The molecule has 0 aromatic heterocycles. The molecule has 0 heterocycles. The van der Waals surface area contributed by atoms with Crippen LogP contribution in [0.5, 0.6) is 0 Å². The number of nitrogens with zero attached hydrogens (tertiary/aromatic N) is 1. The molecule has 1 saturated carbocycles. The molecule has 0 aliphatic heterocycles. The molecular weight excluding hydrogens is 402 g/mol. The highest BCUT2D eigenvalue weighted by Gasteiger charge is 2.49. The predicted molar refractivity (Wildman–Crippen MR) is 121 cm³/mol. The van der Waals surface area contributed by atoms with Gasteiger partial charge in [0.1, 0.15) is 17.7 Å². The fraction of sp³-hybridized carbons (Fsp3) is 0.423. The van der Waals surface area contributed by atoms with Gasteiger partial charge in [0.05, 0.1) is 12.0 Å². The Hall–Kier alpha value is -3.17. The number of ether oxygens (including phenoxy) is 1. The van der Waals surface area contributed by atoms with Crippen LogP contribution in [-0.4, -0.2) is 29.6 Å². The van der Waals surface area contributed by atoms with E-state index in [1.54, 1.807) is 13.8 Å². The van der Waals surface area contributed by atoms with Gasteiger partial charge in [0.2, 0.25) is 5.91 Å². The van der Waals surface area contributed by atoms with Crippen molar-refractivity contribution in [3.05, 3.63) is 59.7 Å². The molecule has 0 bridgehead atoms. The van der Waals surface area contributed by atoms with Crippen LogP contribution in [0, 0.1) is 17.2 Å². The summed E-state index contributed by atoms with van der Waals surface area (Å²) < 4.78 is 5.82. The quantitative estimate of drug-likeness (QED) is 0.703. The summed E-state index contributed by atoms with van der Waals surface area (Å²) in [6, 6.07) is 18.4. The number of benzene rings is 2. The topological polar surface area (TPSA) is 105 Å². The average molecular weight is 432 g/mol. The molecule has 2 aliphatic rings. The van der Waals surface area contributed by atoms with Gasteiger partial charge in [-0.25, -0.2) is 0 Å². The minimum Gasteiger partial charge on any atom is -0.464 e. The number of hydrogen-bond acceptors (Lipinski definition) is 5. The molecule has 0 radical (unpaired) electrons. The standard InChI is InChI=1S/C26H29N3O3/c1-25(2,16-27)29-24(31)26(28)14-8-7-13-22(26)23(30)32-15-21-19-11-5-3-9-17(19)18-10-4-6-12-20(18)21/h3-6,9-12,21-22H,7-8,13-15,28H2,1-2H3,(H,29,31). The molecule has 1 fully saturated rings. The van der Waals surface area contributed by atoms with E-state index in [-0.39, 0.29) is 12.5 Å². The lowest BCUT2D eigenvalue weighted by atomic mass is 9.72. The highest BCUT2D eigenvalue weighted by Crippen LogP contribution is 2.45. The molecule has 32 heavy (non-hydrogen) atoms. The Morgan fingerprint density at radius 1 is 1.12 bits per heavy atom. The van der Waals surface area contributed by atoms with Gasteiger partial charge in [-0.1, -0.05) is 61.4 Å². The van der Waals surface area contributed by atoms with E-state index in [1.165, 1.54) is 0 Å². The summed E-state index contributed by atoms with van der Waals surface area (Å²) >= 11 is 0. The van der Waals surface area contributed by atoms with E-state index in [1.807, 2.05) is 30.3 Å². The lowest BCUT2D eigenvalue weighted by Gasteiger charge is -2.39. The summed E-state index contributed by atoms with van der Waals surface area (Å²) in [6.45, 7) is 3.42. The summed E-state index contributed by atoms with van der Waals surface area (Å²) in [5, 5.41) is 12.0. The number of hydrogen-bond donors (Lipinski definition) is 2. The van der Waals surface area contributed by atoms with Crippen molar-refractivity contribution < 1.29 is 14.3 Å². The molecule has 2 atom stereocenters. The van der Waals surface area contributed by atoms with Crippen LogP contribution in [0.4, 0.5) is 0 Å². The Labute approximate surface area is 188 Å². The zero-order chi connectivity index (χ0) is 22.9. The summed E-state index contributed by atoms with van der Waals surface area (Å²) in [5.41, 5.74) is 8.68. The van der Waals surface area contributed by atoms with Gasteiger partial charge >= 0.3 is 5.97 Å². The lowest BCUT2D eigenvalue weighted by Crippen LogP contribution is -2.64. The van der Waals surface area contributed by atoms with Gasteiger partial charge in [-0.3, -0.25) is 9.59 Å². The minimum absolute atomic E-state index is 0.0477. The predicted octanol–water partition coefficient (Wildman–Crippen LogP) is 3.65. The molecule has 0 spiro atoms. The Morgan fingerprint density at radius 2 is 1.72 bits per heavy atom. The fourth-order valence-corrected chi connectivity index (χ4v) is 4.93. The number of nitriles is 1.